The summed E-state index contributed by atoms with van der Waals surface area (Å²) in [5.74, 6) is -0.825. The highest BCUT2D eigenvalue weighted by molar-refractivity contribution is 5.96. The number of nitro benzene ring substituents is 1. The summed E-state index contributed by atoms with van der Waals surface area (Å²) in [7, 11) is 1.38. The van der Waals surface area contributed by atoms with Crippen molar-refractivity contribution in [1.82, 2.24) is 0 Å². The average molecular weight is 338 g/mol. The molecule has 8 heteroatoms. The predicted molar refractivity (Wildman–Crippen MR) is 87.9 cm³/mol. The minimum Gasteiger partial charge on any atom is -0.495 e. The van der Waals surface area contributed by atoms with E-state index < -0.39 is 22.9 Å². The zero-order valence-corrected chi connectivity index (χ0v) is 14.4. The number of non-ortho nitro benzene ring substituents is 1. The molecule has 0 saturated carbocycles. The van der Waals surface area contributed by atoms with Crippen LogP contribution in [0.3, 0.4) is 0 Å². The molecule has 0 aromatic heterocycles. The van der Waals surface area contributed by atoms with E-state index >= 15 is 0 Å². The van der Waals surface area contributed by atoms with E-state index in [1.54, 1.807) is 0 Å². The van der Waals surface area contributed by atoms with Crippen molar-refractivity contribution in [3.05, 3.63) is 28.3 Å². The number of methoxy groups -OCH3 is 1. The summed E-state index contributed by atoms with van der Waals surface area (Å²) in [6.45, 7) is 7.08. The third kappa shape index (κ3) is 5.86. The first-order chi connectivity index (χ1) is 11.0. The van der Waals surface area contributed by atoms with E-state index in [0.717, 1.165) is 0 Å². The van der Waals surface area contributed by atoms with Gasteiger partial charge in [0.25, 0.3) is 11.6 Å². The molecule has 0 heterocycles. The molecule has 1 amide bonds. The SMILES string of the molecule is COc1ccc([N+](=O)[O-])cc1NC(=O)[C@@H](C)OC(=O)CC(C)(C)C. The van der Waals surface area contributed by atoms with Gasteiger partial charge in [0.05, 0.1) is 24.1 Å². The van der Waals surface area contributed by atoms with Crippen LogP contribution in [0.25, 0.3) is 0 Å². The molecule has 1 N–H and O–H groups in total. The van der Waals surface area contributed by atoms with Crippen LogP contribution in [0.1, 0.15) is 34.1 Å². The molecule has 1 aromatic rings. The van der Waals surface area contributed by atoms with Crippen LogP contribution in [0, 0.1) is 15.5 Å². The molecule has 1 atom stereocenters. The number of hydrogen-bond donors (Lipinski definition) is 1. The van der Waals surface area contributed by atoms with Crippen molar-refractivity contribution >= 4 is 23.3 Å². The molecule has 0 radical (unpaired) electrons. The minimum absolute atomic E-state index is 0.135. The molecule has 0 bridgehead atoms. The third-order valence-corrected chi connectivity index (χ3v) is 3.00. The second-order valence-corrected chi connectivity index (χ2v) is 6.50. The van der Waals surface area contributed by atoms with E-state index in [1.807, 2.05) is 20.8 Å². The normalized spacial score (nSPS) is 12.2. The molecule has 0 fully saturated rings. The minimum atomic E-state index is -1.04. The lowest BCUT2D eigenvalue weighted by Crippen LogP contribution is -2.31. The lowest BCUT2D eigenvalue weighted by atomic mass is 9.92. The van der Waals surface area contributed by atoms with Crippen LogP contribution in [0.2, 0.25) is 0 Å². The van der Waals surface area contributed by atoms with Crippen LogP contribution < -0.4 is 10.1 Å². The van der Waals surface area contributed by atoms with Gasteiger partial charge in [-0.1, -0.05) is 20.8 Å². The van der Waals surface area contributed by atoms with Crippen molar-refractivity contribution in [1.29, 1.82) is 0 Å². The summed E-state index contributed by atoms with van der Waals surface area (Å²) in [4.78, 5) is 34.2. The number of rotatable bonds is 6. The highest BCUT2D eigenvalue weighted by atomic mass is 16.6. The van der Waals surface area contributed by atoms with Gasteiger partial charge in [0, 0.05) is 12.1 Å². The Bertz CT molecular complexity index is 636. The maximum absolute atomic E-state index is 12.1. The third-order valence-electron chi connectivity index (χ3n) is 3.00. The molecular formula is C16H22N2O6. The zero-order valence-electron chi connectivity index (χ0n) is 14.4. The van der Waals surface area contributed by atoms with Crippen LogP contribution in [0.15, 0.2) is 18.2 Å². The number of nitrogens with one attached hydrogen (secondary N) is 1. The zero-order chi connectivity index (χ0) is 18.5. The number of carbonyl (C=O) groups is 2. The van der Waals surface area contributed by atoms with Gasteiger partial charge < -0.3 is 14.8 Å². The Morgan fingerprint density at radius 3 is 2.46 bits per heavy atom. The van der Waals surface area contributed by atoms with Gasteiger partial charge in [-0.25, -0.2) is 0 Å². The Kier molecular flexibility index (Phi) is 6.27. The summed E-state index contributed by atoms with van der Waals surface area (Å²) in [5, 5.41) is 13.3. The van der Waals surface area contributed by atoms with Crippen molar-refractivity contribution < 1.29 is 24.0 Å². The smallest absolute Gasteiger partial charge is 0.307 e. The summed E-state index contributed by atoms with van der Waals surface area (Å²) in [5.41, 5.74) is -0.310. The fourth-order valence-electron chi connectivity index (χ4n) is 1.87. The summed E-state index contributed by atoms with van der Waals surface area (Å²) < 4.78 is 10.1. The number of hydrogen-bond acceptors (Lipinski definition) is 6. The second kappa shape index (κ2) is 7.76. The monoisotopic (exact) mass is 338 g/mol. The predicted octanol–water partition coefficient (Wildman–Crippen LogP) is 2.91. The largest absolute Gasteiger partial charge is 0.495 e. The van der Waals surface area contributed by atoms with Crippen LogP contribution in [0.4, 0.5) is 11.4 Å². The molecular weight excluding hydrogens is 316 g/mol. The Hall–Kier alpha value is -2.64. The van der Waals surface area contributed by atoms with Crippen molar-refractivity contribution in [2.75, 3.05) is 12.4 Å². The van der Waals surface area contributed by atoms with Gasteiger partial charge in [-0.2, -0.15) is 0 Å². The highest BCUT2D eigenvalue weighted by Crippen LogP contribution is 2.29. The first-order valence-corrected chi connectivity index (χ1v) is 7.36. The quantitative estimate of drug-likeness (QED) is 0.485. The van der Waals surface area contributed by atoms with Gasteiger partial charge in [0.15, 0.2) is 6.10 Å². The first kappa shape index (κ1) is 19.4. The van der Waals surface area contributed by atoms with Crippen molar-refractivity contribution in [2.45, 2.75) is 40.2 Å². The number of anilines is 1. The molecule has 0 aliphatic rings. The topological polar surface area (TPSA) is 108 Å². The van der Waals surface area contributed by atoms with Crippen molar-refractivity contribution in [3.63, 3.8) is 0 Å². The summed E-state index contributed by atoms with van der Waals surface area (Å²) in [6, 6.07) is 3.83. The van der Waals surface area contributed by atoms with Gasteiger partial charge in [0.1, 0.15) is 5.75 Å². The number of benzene rings is 1. The fourth-order valence-corrected chi connectivity index (χ4v) is 1.87. The number of nitrogens with zero attached hydrogens (tertiary/aromatic N) is 1. The van der Waals surface area contributed by atoms with Gasteiger partial charge in [-0.3, -0.25) is 19.7 Å². The van der Waals surface area contributed by atoms with Crippen molar-refractivity contribution in [2.24, 2.45) is 5.41 Å². The Balaban J connectivity index is 2.81. The summed E-state index contributed by atoms with van der Waals surface area (Å²) >= 11 is 0. The molecule has 1 rings (SSSR count). The second-order valence-electron chi connectivity index (χ2n) is 6.50. The molecule has 0 aliphatic carbocycles. The molecule has 0 saturated heterocycles. The summed E-state index contributed by atoms with van der Waals surface area (Å²) in [6.07, 6.45) is -0.867. The number of carbonyl (C=O) groups excluding carboxylic acids is 2. The number of amides is 1. The van der Waals surface area contributed by atoms with Crippen LogP contribution >= 0.6 is 0 Å². The first-order valence-electron chi connectivity index (χ1n) is 7.36. The number of ether oxygens (including phenoxy) is 2. The molecule has 1 aromatic carbocycles. The Morgan fingerprint density at radius 1 is 1.33 bits per heavy atom. The standard InChI is InChI=1S/C16H22N2O6/c1-10(24-14(19)9-16(2,3)4)15(20)17-12-8-11(18(21)22)6-7-13(12)23-5/h6-8,10H,9H2,1-5H3,(H,17,20)/t10-/m1/s1. The van der Waals surface area contributed by atoms with Crippen LogP contribution in [0.5, 0.6) is 5.75 Å². The molecule has 0 unspecified atom stereocenters. The maximum Gasteiger partial charge on any atom is 0.307 e. The molecule has 24 heavy (non-hydrogen) atoms. The van der Waals surface area contributed by atoms with Crippen molar-refractivity contribution in [3.8, 4) is 5.75 Å². The van der Waals surface area contributed by atoms with E-state index in [0.29, 0.717) is 0 Å². The maximum atomic E-state index is 12.1. The van der Waals surface area contributed by atoms with Gasteiger partial charge in [-0.15, -0.1) is 0 Å². The molecule has 0 aliphatic heterocycles. The van der Waals surface area contributed by atoms with Crippen LogP contribution in [-0.4, -0.2) is 30.0 Å². The fraction of sp³-hybridized carbons (Fsp3) is 0.500. The molecule has 0 spiro atoms. The van der Waals surface area contributed by atoms with Crippen LogP contribution in [-0.2, 0) is 14.3 Å². The Labute approximate surface area is 140 Å². The van der Waals surface area contributed by atoms with Gasteiger partial charge >= 0.3 is 5.97 Å². The van der Waals surface area contributed by atoms with E-state index in [-0.39, 0.29) is 29.0 Å². The van der Waals surface area contributed by atoms with E-state index in [1.165, 1.54) is 32.2 Å². The number of nitro groups is 1. The highest BCUT2D eigenvalue weighted by Gasteiger charge is 2.23. The Morgan fingerprint density at radius 2 is 1.96 bits per heavy atom. The van der Waals surface area contributed by atoms with E-state index in [2.05, 4.69) is 5.32 Å². The average Bonchev–Trinajstić information content (AvgIpc) is 2.44. The van der Waals surface area contributed by atoms with E-state index in [9.17, 15) is 19.7 Å². The lowest BCUT2D eigenvalue weighted by molar-refractivity contribution is -0.384. The van der Waals surface area contributed by atoms with Gasteiger partial charge in [-0.05, 0) is 18.4 Å². The molecule has 132 valence electrons. The van der Waals surface area contributed by atoms with E-state index in [4.69, 9.17) is 9.47 Å². The molecule has 8 nitrogen and oxygen atoms in total. The lowest BCUT2D eigenvalue weighted by Gasteiger charge is -2.19. The number of esters is 1. The van der Waals surface area contributed by atoms with Gasteiger partial charge in [0.2, 0.25) is 0 Å².